The average molecular weight is 538 g/mol. The summed E-state index contributed by atoms with van der Waals surface area (Å²) in [5, 5.41) is 0. The van der Waals surface area contributed by atoms with E-state index in [1.807, 2.05) is 0 Å². The molecule has 1 aromatic carbocycles. The number of ether oxygens (including phenoxy) is 2. The number of fused-ring (bicyclic) bond motifs is 1. The van der Waals surface area contributed by atoms with Crippen molar-refractivity contribution in [2.24, 2.45) is 0 Å². The lowest BCUT2D eigenvalue weighted by atomic mass is 9.98. The summed E-state index contributed by atoms with van der Waals surface area (Å²) in [5.74, 6) is -2.12. The maximum absolute atomic E-state index is 13.2. The third-order valence-electron chi connectivity index (χ3n) is 3.54. The van der Waals surface area contributed by atoms with E-state index in [0.717, 1.165) is 0 Å². The van der Waals surface area contributed by atoms with Crippen LogP contribution in [0.5, 0.6) is 5.75 Å². The van der Waals surface area contributed by atoms with Crippen LogP contribution in [-0.2, 0) is 16.0 Å². The molecular weight excluding hydrogens is 527 g/mol. The van der Waals surface area contributed by atoms with Crippen molar-refractivity contribution in [3.05, 3.63) is 28.8 Å². The summed E-state index contributed by atoms with van der Waals surface area (Å²) >= 11 is 1.52. The van der Waals surface area contributed by atoms with Crippen molar-refractivity contribution in [1.29, 1.82) is 0 Å². The lowest BCUT2D eigenvalue weighted by Crippen LogP contribution is -2.41. The molecule has 1 heterocycles. The van der Waals surface area contributed by atoms with E-state index in [-0.39, 0.29) is 23.2 Å². The van der Waals surface area contributed by atoms with Crippen LogP contribution >= 0.6 is 32.8 Å². The standard InChI is InChI=1S/C14H11F8IO3S/c1-2-7-3-9(27(18,19,20,21)22)4-8-5-10(13(24)25-6-23)12(14(15,16)17)26-11(7)8/h3-5,12H,2,6H2,1H3. The minimum atomic E-state index is -10.1. The second kappa shape index (κ2) is 6.12. The molecule has 0 radical (unpaired) electrons. The maximum atomic E-state index is 13.2. The Morgan fingerprint density at radius 3 is 2.26 bits per heavy atom. The fourth-order valence-corrected chi connectivity index (χ4v) is 3.38. The van der Waals surface area contributed by atoms with Gasteiger partial charge in [0.1, 0.15) is 15.3 Å². The van der Waals surface area contributed by atoms with Crippen LogP contribution in [0.25, 0.3) is 6.08 Å². The van der Waals surface area contributed by atoms with Crippen LogP contribution in [0.15, 0.2) is 22.6 Å². The zero-order chi connectivity index (χ0) is 20.9. The van der Waals surface area contributed by atoms with Gasteiger partial charge in [-0.15, -0.1) is 0 Å². The Morgan fingerprint density at radius 1 is 1.22 bits per heavy atom. The van der Waals surface area contributed by atoms with Crippen molar-refractivity contribution in [3.8, 4) is 5.75 Å². The van der Waals surface area contributed by atoms with Crippen LogP contribution in [0.1, 0.15) is 18.1 Å². The van der Waals surface area contributed by atoms with E-state index >= 15 is 0 Å². The summed E-state index contributed by atoms with van der Waals surface area (Å²) < 4.78 is 114. The summed E-state index contributed by atoms with van der Waals surface area (Å²) in [5.41, 5.74) is -2.34. The third kappa shape index (κ3) is 4.78. The number of hydrogen-bond donors (Lipinski definition) is 0. The van der Waals surface area contributed by atoms with Crippen molar-refractivity contribution >= 4 is 44.9 Å². The molecule has 1 aliphatic rings. The highest BCUT2D eigenvalue weighted by Gasteiger charge is 2.65. The van der Waals surface area contributed by atoms with E-state index in [9.17, 15) is 37.4 Å². The van der Waals surface area contributed by atoms with Gasteiger partial charge in [-0.3, -0.25) is 0 Å². The fourth-order valence-electron chi connectivity index (χ4n) is 2.39. The molecule has 0 bridgehead atoms. The van der Waals surface area contributed by atoms with Gasteiger partial charge in [0.2, 0.25) is 6.10 Å². The van der Waals surface area contributed by atoms with Crippen molar-refractivity contribution in [2.45, 2.75) is 30.5 Å². The average Bonchev–Trinajstić information content (AvgIpc) is 2.49. The molecule has 0 saturated carbocycles. The molecule has 1 aromatic rings. The minimum absolute atomic E-state index is 0.0278. The molecule has 3 nitrogen and oxygen atoms in total. The molecule has 0 spiro atoms. The van der Waals surface area contributed by atoms with Crippen LogP contribution < -0.4 is 4.74 Å². The van der Waals surface area contributed by atoms with Crippen molar-refractivity contribution < 1.29 is 46.9 Å². The smallest absolute Gasteiger partial charge is 0.430 e. The van der Waals surface area contributed by atoms with E-state index in [1.165, 1.54) is 29.5 Å². The second-order valence-electron chi connectivity index (χ2n) is 5.50. The molecule has 0 aliphatic carbocycles. The van der Waals surface area contributed by atoms with Crippen LogP contribution in [0, 0.1) is 0 Å². The summed E-state index contributed by atoms with van der Waals surface area (Å²) in [7, 11) is -10.1. The Morgan fingerprint density at radius 2 is 1.81 bits per heavy atom. The van der Waals surface area contributed by atoms with Gasteiger partial charge in [0.25, 0.3) is 0 Å². The van der Waals surface area contributed by atoms with E-state index in [2.05, 4.69) is 4.74 Å². The molecule has 0 amide bonds. The molecule has 1 aliphatic heterocycles. The number of carbonyl (C=O) groups excluding carboxylic acids is 1. The third-order valence-corrected chi connectivity index (χ3v) is 4.98. The van der Waals surface area contributed by atoms with E-state index in [0.29, 0.717) is 6.08 Å². The first-order valence-corrected chi connectivity index (χ1v) is 10.5. The molecule has 154 valence electrons. The predicted octanol–water partition coefficient (Wildman–Crippen LogP) is 6.55. The minimum Gasteiger partial charge on any atom is -0.475 e. The monoisotopic (exact) mass is 538 g/mol. The maximum Gasteiger partial charge on any atom is 0.430 e. The lowest BCUT2D eigenvalue weighted by molar-refractivity contribution is -0.187. The number of benzene rings is 1. The normalized spacial score (nSPS) is 19.9. The Kier molecular flexibility index (Phi) is 5.00. The first-order chi connectivity index (χ1) is 12.0. The number of rotatable bonds is 4. The zero-order valence-corrected chi connectivity index (χ0v) is 16.2. The Bertz CT molecular complexity index is 817. The molecule has 13 heteroatoms. The molecule has 1 atom stereocenters. The van der Waals surface area contributed by atoms with Gasteiger partial charge in [0.15, 0.2) is 0 Å². The van der Waals surface area contributed by atoms with Gasteiger partial charge in [0.05, 0.1) is 5.57 Å². The van der Waals surface area contributed by atoms with Crippen LogP contribution in [0.3, 0.4) is 0 Å². The quantitative estimate of drug-likeness (QED) is 0.189. The van der Waals surface area contributed by atoms with Gasteiger partial charge < -0.3 is 9.47 Å². The molecular formula is C14H11F8IO3S. The summed E-state index contributed by atoms with van der Waals surface area (Å²) in [6.45, 7) is 1.26. The SMILES string of the molecule is CCc1cc(S(F)(F)(F)(F)F)cc2c1OC(C(F)(F)F)C(C(=O)OCI)=C2. The largest absolute Gasteiger partial charge is 0.475 e. The fraction of sp³-hybridized carbons (Fsp3) is 0.357. The van der Waals surface area contributed by atoms with Crippen molar-refractivity contribution in [2.75, 3.05) is 4.61 Å². The molecule has 1 unspecified atom stereocenters. The number of alkyl halides is 4. The van der Waals surface area contributed by atoms with Gasteiger partial charge in [-0.2, -0.15) is 13.2 Å². The molecule has 0 N–H and O–H groups in total. The van der Waals surface area contributed by atoms with Gasteiger partial charge in [-0.05, 0) is 52.8 Å². The van der Waals surface area contributed by atoms with Gasteiger partial charge >= 0.3 is 22.4 Å². The summed E-state index contributed by atoms with van der Waals surface area (Å²) in [4.78, 5) is 9.51. The van der Waals surface area contributed by atoms with Gasteiger partial charge in [-0.25, -0.2) is 4.79 Å². The first kappa shape index (κ1) is 22.0. The van der Waals surface area contributed by atoms with Crippen LogP contribution in [0.2, 0.25) is 0 Å². The summed E-state index contributed by atoms with van der Waals surface area (Å²) in [6.07, 6.45) is -7.75. The van der Waals surface area contributed by atoms with Gasteiger partial charge in [0, 0.05) is 5.56 Å². The van der Waals surface area contributed by atoms with Gasteiger partial charge in [-0.1, -0.05) is 26.4 Å². The number of aryl methyl sites for hydroxylation is 1. The van der Waals surface area contributed by atoms with Crippen molar-refractivity contribution in [3.63, 3.8) is 0 Å². The second-order valence-corrected chi connectivity index (χ2v) is 8.54. The number of esters is 1. The van der Waals surface area contributed by atoms with Crippen LogP contribution in [0.4, 0.5) is 32.6 Å². The molecule has 0 aromatic heterocycles. The topological polar surface area (TPSA) is 35.5 Å². The highest BCUT2D eigenvalue weighted by Crippen LogP contribution is 3.02. The highest BCUT2D eigenvalue weighted by molar-refractivity contribution is 14.1. The molecule has 0 saturated heterocycles. The van der Waals surface area contributed by atoms with E-state index in [4.69, 9.17) is 4.74 Å². The summed E-state index contributed by atoms with van der Waals surface area (Å²) in [6, 6.07) is 0.0375. The number of halogens is 9. The molecule has 27 heavy (non-hydrogen) atoms. The molecule has 0 fully saturated rings. The Balaban J connectivity index is 2.76. The number of carbonyl (C=O) groups is 1. The Labute approximate surface area is 161 Å². The van der Waals surface area contributed by atoms with E-state index < -0.39 is 55.8 Å². The van der Waals surface area contributed by atoms with Crippen molar-refractivity contribution in [1.82, 2.24) is 0 Å². The number of hydrogen-bond acceptors (Lipinski definition) is 3. The Hall–Kier alpha value is -1.25. The van der Waals surface area contributed by atoms with E-state index in [1.54, 1.807) is 0 Å². The molecule has 2 rings (SSSR count). The highest BCUT2D eigenvalue weighted by atomic mass is 127. The predicted molar refractivity (Wildman–Crippen MR) is 90.6 cm³/mol. The zero-order valence-electron chi connectivity index (χ0n) is 13.3. The van der Waals surface area contributed by atoms with Crippen LogP contribution in [-0.4, -0.2) is 22.9 Å². The lowest BCUT2D eigenvalue weighted by Gasteiger charge is -2.41. The first-order valence-electron chi connectivity index (χ1n) is 7.07.